The van der Waals surface area contributed by atoms with Gasteiger partial charge >= 0.3 is 0 Å². The van der Waals surface area contributed by atoms with Crippen LogP contribution in [0.3, 0.4) is 0 Å². The van der Waals surface area contributed by atoms with E-state index in [0.29, 0.717) is 21.8 Å². The molecule has 0 aromatic heterocycles. The predicted molar refractivity (Wildman–Crippen MR) is 105 cm³/mol. The van der Waals surface area contributed by atoms with Gasteiger partial charge in [-0.3, -0.25) is 0 Å². The molecule has 0 amide bonds. The van der Waals surface area contributed by atoms with Crippen LogP contribution in [0.1, 0.15) is 36.8 Å². The number of aryl methyl sites for hydroxylation is 1. The second kappa shape index (κ2) is 6.71. The zero-order chi connectivity index (χ0) is 18.3. The van der Waals surface area contributed by atoms with Crippen LogP contribution < -0.4 is 5.32 Å². The molecule has 0 bridgehead atoms. The Morgan fingerprint density at radius 1 is 1.04 bits per heavy atom. The van der Waals surface area contributed by atoms with Crippen molar-refractivity contribution in [2.45, 2.75) is 48.4 Å². The maximum absolute atomic E-state index is 13.0. The number of anilines is 1. The third kappa shape index (κ3) is 3.03. The smallest absolute Gasteiger partial charge is 0.206 e. The minimum absolute atomic E-state index is 0.364. The molecule has 1 saturated heterocycles. The van der Waals surface area contributed by atoms with E-state index < -0.39 is 9.84 Å². The molecule has 5 heteroatoms. The number of rotatable bonds is 3. The fraction of sp³-hybridized carbons (Fsp3) is 0.429. The normalized spacial score (nSPS) is 23.0. The number of benzene rings is 2. The molecule has 26 heavy (non-hydrogen) atoms. The van der Waals surface area contributed by atoms with Gasteiger partial charge < -0.3 is 10.2 Å². The van der Waals surface area contributed by atoms with E-state index >= 15 is 0 Å². The van der Waals surface area contributed by atoms with Gasteiger partial charge in [0.25, 0.3) is 0 Å². The van der Waals surface area contributed by atoms with E-state index in [2.05, 4.69) is 17.1 Å². The first-order valence-electron chi connectivity index (χ1n) is 9.43. The number of fused-ring (bicyclic) bond motifs is 3. The van der Waals surface area contributed by atoms with E-state index in [1.165, 1.54) is 5.56 Å². The molecule has 0 saturated carbocycles. The molecule has 138 valence electrons. The number of nitrogens with zero attached hydrogens (tertiary/aromatic N) is 1. The predicted octanol–water partition coefficient (Wildman–Crippen LogP) is 3.82. The Morgan fingerprint density at radius 2 is 1.73 bits per heavy atom. The van der Waals surface area contributed by atoms with Gasteiger partial charge in [0.1, 0.15) is 0 Å². The molecule has 4 rings (SSSR count). The van der Waals surface area contributed by atoms with E-state index in [0.717, 1.165) is 43.7 Å². The van der Waals surface area contributed by atoms with E-state index in [1.807, 2.05) is 31.2 Å². The van der Waals surface area contributed by atoms with Gasteiger partial charge in [-0.2, -0.15) is 0 Å². The van der Waals surface area contributed by atoms with Gasteiger partial charge in [-0.05, 0) is 68.8 Å². The molecule has 0 unspecified atom stereocenters. The first kappa shape index (κ1) is 17.6. The average Bonchev–Trinajstić information content (AvgIpc) is 2.86. The molecule has 2 aliphatic heterocycles. The molecular weight excluding hydrogens is 344 g/mol. The number of likely N-dealkylation sites (tertiary alicyclic amines) is 1. The van der Waals surface area contributed by atoms with Gasteiger partial charge in [0.2, 0.25) is 9.84 Å². The van der Waals surface area contributed by atoms with Crippen LogP contribution >= 0.6 is 0 Å². The van der Waals surface area contributed by atoms with Gasteiger partial charge in [-0.1, -0.05) is 24.6 Å². The second-order valence-electron chi connectivity index (χ2n) is 7.43. The van der Waals surface area contributed by atoms with Crippen molar-refractivity contribution in [3.63, 3.8) is 0 Å². The Kier molecular flexibility index (Phi) is 4.53. The number of sulfone groups is 1. The van der Waals surface area contributed by atoms with Crippen LogP contribution in [0.2, 0.25) is 0 Å². The summed E-state index contributed by atoms with van der Waals surface area (Å²) in [4.78, 5) is 3.25. The number of hydrogen-bond acceptors (Lipinski definition) is 4. The molecule has 0 spiro atoms. The fourth-order valence-electron chi connectivity index (χ4n) is 4.22. The monoisotopic (exact) mass is 370 g/mol. The lowest BCUT2D eigenvalue weighted by Gasteiger charge is -2.17. The topological polar surface area (TPSA) is 49.4 Å². The highest BCUT2D eigenvalue weighted by atomic mass is 32.2. The largest absolute Gasteiger partial charge is 0.381 e. The molecular formula is C21H26N2O2S. The Morgan fingerprint density at radius 3 is 2.46 bits per heavy atom. The van der Waals surface area contributed by atoms with Crippen molar-refractivity contribution in [3.05, 3.63) is 53.6 Å². The lowest BCUT2D eigenvalue weighted by atomic mass is 9.91. The van der Waals surface area contributed by atoms with Crippen molar-refractivity contribution in [2.75, 3.05) is 25.0 Å². The maximum atomic E-state index is 13.0. The first-order chi connectivity index (χ1) is 12.5. The van der Waals surface area contributed by atoms with E-state index in [9.17, 15) is 8.42 Å². The van der Waals surface area contributed by atoms with Gasteiger partial charge in [-0.15, -0.1) is 0 Å². The number of hydrogen-bond donors (Lipinski definition) is 1. The zero-order valence-electron chi connectivity index (χ0n) is 15.4. The minimum Gasteiger partial charge on any atom is -0.381 e. The summed E-state index contributed by atoms with van der Waals surface area (Å²) >= 11 is 0. The molecule has 1 N–H and O–H groups in total. The third-order valence-electron chi connectivity index (χ3n) is 5.85. The van der Waals surface area contributed by atoms with Crippen LogP contribution in [0, 0.1) is 6.92 Å². The molecule has 2 atom stereocenters. The highest BCUT2D eigenvalue weighted by Gasteiger charge is 2.35. The number of nitrogens with one attached hydrogen (secondary N) is 1. The summed E-state index contributed by atoms with van der Waals surface area (Å²) in [5, 5.41) is 3.63. The molecule has 2 heterocycles. The lowest BCUT2D eigenvalue weighted by molar-refractivity contribution is 0.298. The molecule has 2 aromatic carbocycles. The summed E-state index contributed by atoms with van der Waals surface area (Å²) in [6.45, 7) is 7.42. The van der Waals surface area contributed by atoms with Crippen LogP contribution in [0.5, 0.6) is 0 Å². The van der Waals surface area contributed by atoms with Crippen LogP contribution in [-0.2, 0) is 9.84 Å². The van der Waals surface area contributed by atoms with Crippen molar-refractivity contribution < 1.29 is 8.42 Å². The fourth-order valence-corrected chi connectivity index (χ4v) is 5.51. The Hall–Kier alpha value is -1.85. The summed E-state index contributed by atoms with van der Waals surface area (Å²) in [6.07, 6.45) is 2.18. The van der Waals surface area contributed by atoms with Crippen molar-refractivity contribution in [1.82, 2.24) is 4.90 Å². The minimum atomic E-state index is -3.48. The maximum Gasteiger partial charge on any atom is 0.206 e. The highest BCUT2D eigenvalue weighted by Crippen LogP contribution is 2.42. The van der Waals surface area contributed by atoms with Crippen molar-refractivity contribution in [2.24, 2.45) is 0 Å². The van der Waals surface area contributed by atoms with Crippen LogP contribution in [0.4, 0.5) is 5.69 Å². The molecule has 0 aliphatic carbocycles. The average molecular weight is 371 g/mol. The second-order valence-corrected chi connectivity index (χ2v) is 9.38. The highest BCUT2D eigenvalue weighted by molar-refractivity contribution is 7.91. The van der Waals surface area contributed by atoms with Gasteiger partial charge in [0, 0.05) is 24.2 Å². The Balaban J connectivity index is 1.68. The van der Waals surface area contributed by atoms with Crippen LogP contribution in [0.15, 0.2) is 52.3 Å². The van der Waals surface area contributed by atoms with E-state index in [1.54, 1.807) is 18.2 Å². The lowest BCUT2D eigenvalue weighted by Crippen LogP contribution is -2.25. The summed E-state index contributed by atoms with van der Waals surface area (Å²) in [5.74, 6) is 0.398. The van der Waals surface area contributed by atoms with E-state index in [4.69, 9.17) is 0 Å². The van der Waals surface area contributed by atoms with Gasteiger partial charge in [-0.25, -0.2) is 8.42 Å². The van der Waals surface area contributed by atoms with Crippen molar-refractivity contribution in [1.29, 1.82) is 0 Å². The summed E-state index contributed by atoms with van der Waals surface area (Å²) in [5.41, 5.74) is 3.33. The Bertz CT molecular complexity index is 906. The SMILES string of the molecule is CCN1CC[C@@H]2Nc3ccc(S(=O)(=O)c4ccc(C)cc4)cc3[C@H]2CC1. The summed E-state index contributed by atoms with van der Waals surface area (Å²) in [6, 6.07) is 13.1. The summed E-state index contributed by atoms with van der Waals surface area (Å²) < 4.78 is 26.1. The molecule has 2 aliphatic rings. The summed E-state index contributed by atoms with van der Waals surface area (Å²) in [7, 11) is -3.48. The standard InChI is InChI=1S/C21H26N2O2S/c1-3-23-12-10-18-19-14-17(8-9-20(19)22-21(18)11-13-23)26(24,25)16-6-4-15(2)5-7-16/h4-9,14,18,21-22H,3,10-13H2,1-2H3/t18-,21+/m1/s1. The third-order valence-corrected chi connectivity index (χ3v) is 7.62. The van der Waals surface area contributed by atoms with Crippen molar-refractivity contribution >= 4 is 15.5 Å². The van der Waals surface area contributed by atoms with Crippen LogP contribution in [0.25, 0.3) is 0 Å². The Labute approximate surface area is 156 Å². The molecule has 2 aromatic rings. The van der Waals surface area contributed by atoms with Gasteiger partial charge in [0.05, 0.1) is 9.79 Å². The quantitative estimate of drug-likeness (QED) is 0.892. The van der Waals surface area contributed by atoms with Crippen LogP contribution in [-0.4, -0.2) is 39.0 Å². The zero-order valence-corrected chi connectivity index (χ0v) is 16.2. The molecule has 4 nitrogen and oxygen atoms in total. The van der Waals surface area contributed by atoms with Gasteiger partial charge in [0.15, 0.2) is 0 Å². The van der Waals surface area contributed by atoms with Crippen molar-refractivity contribution in [3.8, 4) is 0 Å². The molecule has 0 radical (unpaired) electrons. The first-order valence-corrected chi connectivity index (χ1v) is 10.9. The van der Waals surface area contributed by atoms with E-state index in [-0.39, 0.29) is 0 Å². The molecule has 1 fully saturated rings.